The summed E-state index contributed by atoms with van der Waals surface area (Å²) in [5.74, 6) is 0. The molecule has 0 aliphatic heterocycles. The van der Waals surface area contributed by atoms with Crippen LogP contribution in [0.25, 0.3) is 0 Å². The summed E-state index contributed by atoms with van der Waals surface area (Å²) in [7, 11) is 0. The summed E-state index contributed by atoms with van der Waals surface area (Å²) in [5.41, 5.74) is 7.64. The van der Waals surface area contributed by atoms with Gasteiger partial charge in [0.25, 0.3) is 0 Å². The van der Waals surface area contributed by atoms with Crippen molar-refractivity contribution in [3.8, 4) is 0 Å². The maximum Gasteiger partial charge on any atom is 0.0270 e. The number of aromatic nitrogens is 1. The van der Waals surface area contributed by atoms with Gasteiger partial charge in [0.05, 0.1) is 0 Å². The molecule has 1 rings (SSSR count). The highest BCUT2D eigenvalue weighted by Crippen LogP contribution is 2.34. The smallest absolute Gasteiger partial charge is 0.0270 e. The van der Waals surface area contributed by atoms with E-state index in [-0.39, 0.29) is 16.4 Å². The third-order valence-electron chi connectivity index (χ3n) is 3.79. The van der Waals surface area contributed by atoms with Crippen molar-refractivity contribution >= 4 is 0 Å². The number of allylic oxidation sites excluding steroid dienone is 1. The number of nitrogens with zero attached hydrogens (tertiary/aromatic N) is 1. The summed E-state index contributed by atoms with van der Waals surface area (Å²) in [6.45, 7) is 13.1. The van der Waals surface area contributed by atoms with Crippen LogP contribution in [0.4, 0.5) is 0 Å². The van der Waals surface area contributed by atoms with Crippen molar-refractivity contribution in [2.24, 2.45) is 16.6 Å². The monoisotopic (exact) mass is 260 g/mol. The van der Waals surface area contributed by atoms with Gasteiger partial charge < -0.3 is 5.73 Å². The second-order valence-corrected chi connectivity index (χ2v) is 7.37. The molecule has 1 unspecified atom stereocenters. The fourth-order valence-corrected chi connectivity index (χ4v) is 1.80. The normalized spacial score (nSPS) is 16.6. The average molecular weight is 260 g/mol. The van der Waals surface area contributed by atoms with Crippen LogP contribution in [0.1, 0.15) is 47.1 Å². The SMILES string of the molecule is CC(C)(C)/C=C\C(C)(C)C(C)(N)Cc1ccncc1. The number of nitrogens with two attached hydrogens (primary N) is 1. The Hall–Kier alpha value is -1.15. The minimum Gasteiger partial charge on any atom is -0.324 e. The molecule has 0 bridgehead atoms. The van der Waals surface area contributed by atoms with Crippen LogP contribution in [0, 0.1) is 10.8 Å². The van der Waals surface area contributed by atoms with Gasteiger partial charge in [-0.2, -0.15) is 0 Å². The topological polar surface area (TPSA) is 38.9 Å². The van der Waals surface area contributed by atoms with E-state index in [1.165, 1.54) is 5.56 Å². The van der Waals surface area contributed by atoms with Crippen molar-refractivity contribution in [2.75, 3.05) is 0 Å². The Balaban J connectivity index is 2.89. The summed E-state index contributed by atoms with van der Waals surface area (Å²) < 4.78 is 0. The van der Waals surface area contributed by atoms with E-state index in [1.807, 2.05) is 24.5 Å². The van der Waals surface area contributed by atoms with Crippen LogP contribution in [0.2, 0.25) is 0 Å². The van der Waals surface area contributed by atoms with Crippen LogP contribution in [-0.2, 0) is 6.42 Å². The maximum absolute atomic E-state index is 6.58. The first kappa shape index (κ1) is 15.9. The van der Waals surface area contributed by atoms with E-state index < -0.39 is 0 Å². The summed E-state index contributed by atoms with van der Waals surface area (Å²) >= 11 is 0. The van der Waals surface area contributed by atoms with Crippen LogP contribution < -0.4 is 5.73 Å². The molecule has 19 heavy (non-hydrogen) atoms. The Labute approximate surface area is 118 Å². The molecular weight excluding hydrogens is 232 g/mol. The highest BCUT2D eigenvalue weighted by Gasteiger charge is 2.35. The largest absolute Gasteiger partial charge is 0.324 e. The van der Waals surface area contributed by atoms with Crippen molar-refractivity contribution in [1.29, 1.82) is 0 Å². The number of hydrogen-bond acceptors (Lipinski definition) is 2. The van der Waals surface area contributed by atoms with Gasteiger partial charge in [-0.25, -0.2) is 0 Å². The molecule has 0 spiro atoms. The van der Waals surface area contributed by atoms with Gasteiger partial charge in [-0.1, -0.05) is 46.8 Å². The van der Waals surface area contributed by atoms with E-state index in [2.05, 4.69) is 58.7 Å². The fourth-order valence-electron chi connectivity index (χ4n) is 1.80. The summed E-state index contributed by atoms with van der Waals surface area (Å²) in [6.07, 6.45) is 9.00. The number of rotatable bonds is 4. The van der Waals surface area contributed by atoms with Gasteiger partial charge in [0.1, 0.15) is 0 Å². The predicted molar refractivity (Wildman–Crippen MR) is 82.9 cm³/mol. The molecule has 0 amide bonds. The third kappa shape index (κ3) is 4.79. The van der Waals surface area contributed by atoms with Gasteiger partial charge >= 0.3 is 0 Å². The molecule has 2 heteroatoms. The first-order valence-electron chi connectivity index (χ1n) is 6.92. The molecule has 0 aliphatic carbocycles. The van der Waals surface area contributed by atoms with E-state index in [9.17, 15) is 0 Å². The molecule has 1 heterocycles. The Bertz CT molecular complexity index is 422. The van der Waals surface area contributed by atoms with E-state index in [1.54, 1.807) is 0 Å². The molecule has 2 N–H and O–H groups in total. The van der Waals surface area contributed by atoms with Crippen molar-refractivity contribution < 1.29 is 0 Å². The number of pyridine rings is 1. The quantitative estimate of drug-likeness (QED) is 0.832. The lowest BCUT2D eigenvalue weighted by Crippen LogP contribution is -2.51. The first-order chi connectivity index (χ1) is 8.54. The zero-order valence-corrected chi connectivity index (χ0v) is 13.2. The lowest BCUT2D eigenvalue weighted by Gasteiger charge is -2.40. The maximum atomic E-state index is 6.58. The fraction of sp³-hybridized carbons (Fsp3) is 0.588. The van der Waals surface area contributed by atoms with Gasteiger partial charge in [0, 0.05) is 23.3 Å². The Kier molecular flexibility index (Phi) is 4.57. The molecule has 1 aromatic rings. The molecule has 1 atom stereocenters. The zero-order valence-electron chi connectivity index (χ0n) is 13.2. The number of hydrogen-bond donors (Lipinski definition) is 1. The lowest BCUT2D eigenvalue weighted by molar-refractivity contribution is 0.243. The van der Waals surface area contributed by atoms with Gasteiger partial charge in [-0.15, -0.1) is 0 Å². The van der Waals surface area contributed by atoms with Gasteiger partial charge in [-0.3, -0.25) is 4.98 Å². The highest BCUT2D eigenvalue weighted by atomic mass is 14.8. The summed E-state index contributed by atoms with van der Waals surface area (Å²) in [4.78, 5) is 4.05. The van der Waals surface area contributed by atoms with E-state index >= 15 is 0 Å². The van der Waals surface area contributed by atoms with E-state index in [0.717, 1.165) is 6.42 Å². The van der Waals surface area contributed by atoms with Crippen LogP contribution in [-0.4, -0.2) is 10.5 Å². The predicted octanol–water partition coefficient (Wildman–Crippen LogP) is 3.97. The molecule has 0 saturated heterocycles. The van der Waals surface area contributed by atoms with Gasteiger partial charge in [0.2, 0.25) is 0 Å². The summed E-state index contributed by atoms with van der Waals surface area (Å²) in [5, 5.41) is 0. The minimum atomic E-state index is -0.296. The van der Waals surface area contributed by atoms with Crippen LogP contribution in [0.5, 0.6) is 0 Å². The molecule has 0 radical (unpaired) electrons. The average Bonchev–Trinajstić information content (AvgIpc) is 2.26. The second kappa shape index (κ2) is 5.46. The Morgan fingerprint density at radius 1 is 1.00 bits per heavy atom. The zero-order chi connectivity index (χ0) is 14.7. The lowest BCUT2D eigenvalue weighted by atomic mass is 9.70. The van der Waals surface area contributed by atoms with Gasteiger partial charge in [-0.05, 0) is 36.5 Å². The van der Waals surface area contributed by atoms with E-state index in [0.29, 0.717) is 0 Å². The molecule has 0 aromatic carbocycles. The molecule has 1 aromatic heterocycles. The van der Waals surface area contributed by atoms with Crippen molar-refractivity contribution in [3.05, 3.63) is 42.2 Å². The van der Waals surface area contributed by atoms with Crippen LogP contribution in [0.15, 0.2) is 36.7 Å². The van der Waals surface area contributed by atoms with Crippen LogP contribution in [0.3, 0.4) is 0 Å². The second-order valence-electron chi connectivity index (χ2n) is 7.37. The third-order valence-corrected chi connectivity index (χ3v) is 3.79. The van der Waals surface area contributed by atoms with Gasteiger partial charge in [0.15, 0.2) is 0 Å². The molecule has 2 nitrogen and oxygen atoms in total. The standard InChI is InChI=1S/C17H28N2/c1-15(2,3)9-10-16(4,5)17(6,18)13-14-7-11-19-12-8-14/h7-12H,13,18H2,1-6H3/b10-9-. The molecule has 0 saturated carbocycles. The van der Waals surface area contributed by atoms with Crippen molar-refractivity contribution in [2.45, 2.75) is 53.5 Å². The Morgan fingerprint density at radius 2 is 1.53 bits per heavy atom. The highest BCUT2D eigenvalue weighted by molar-refractivity contribution is 5.18. The minimum absolute atomic E-state index is 0.0659. The molecule has 106 valence electrons. The van der Waals surface area contributed by atoms with Crippen LogP contribution >= 0.6 is 0 Å². The first-order valence-corrected chi connectivity index (χ1v) is 6.92. The molecule has 0 fully saturated rings. The van der Waals surface area contributed by atoms with Crippen molar-refractivity contribution in [3.63, 3.8) is 0 Å². The molecular formula is C17H28N2. The summed E-state index contributed by atoms with van der Waals surface area (Å²) in [6, 6.07) is 4.07. The molecule has 0 aliphatic rings. The van der Waals surface area contributed by atoms with Crippen molar-refractivity contribution in [1.82, 2.24) is 4.98 Å². The van der Waals surface area contributed by atoms with E-state index in [4.69, 9.17) is 5.73 Å². The Morgan fingerprint density at radius 3 is 2.00 bits per heavy atom.